The van der Waals surface area contributed by atoms with E-state index in [-0.39, 0.29) is 18.1 Å². The molecule has 27 heavy (non-hydrogen) atoms. The Kier molecular flexibility index (Phi) is 6.24. The van der Waals surface area contributed by atoms with Crippen LogP contribution in [0.4, 0.5) is 10.7 Å². The standard InChI is InChI=1S/C17H18N4O5S/c1-4-9-26-15(22)13-7-5-6-8-14(13)27(24,25)21-17(23)20-16-18-11(2)10-12(3)19-16/h4-8,10H,1,9H2,2-3H3,(H2,18,19,20,21,23). The highest BCUT2D eigenvalue weighted by atomic mass is 32.2. The molecule has 1 heterocycles. The van der Waals surface area contributed by atoms with E-state index in [0.29, 0.717) is 11.4 Å². The highest BCUT2D eigenvalue weighted by Crippen LogP contribution is 2.16. The minimum absolute atomic E-state index is 0.0427. The van der Waals surface area contributed by atoms with Gasteiger partial charge in [-0.15, -0.1) is 0 Å². The molecule has 0 aliphatic heterocycles. The van der Waals surface area contributed by atoms with Crippen LogP contribution in [0.1, 0.15) is 21.7 Å². The summed E-state index contributed by atoms with van der Waals surface area (Å²) in [5, 5.41) is 2.25. The summed E-state index contributed by atoms with van der Waals surface area (Å²) in [6.45, 7) is 6.75. The highest BCUT2D eigenvalue weighted by molar-refractivity contribution is 7.90. The molecular weight excluding hydrogens is 372 g/mol. The van der Waals surface area contributed by atoms with Crippen LogP contribution in [0, 0.1) is 13.8 Å². The van der Waals surface area contributed by atoms with E-state index in [1.165, 1.54) is 30.3 Å². The number of aromatic nitrogens is 2. The lowest BCUT2D eigenvalue weighted by atomic mass is 10.2. The third kappa shape index (κ3) is 5.35. The fraction of sp³-hybridized carbons (Fsp3) is 0.176. The minimum Gasteiger partial charge on any atom is -0.458 e. The van der Waals surface area contributed by atoms with Crippen molar-refractivity contribution in [1.82, 2.24) is 14.7 Å². The molecule has 2 amide bonds. The van der Waals surface area contributed by atoms with Gasteiger partial charge in [0.2, 0.25) is 5.95 Å². The normalized spacial score (nSPS) is 10.7. The van der Waals surface area contributed by atoms with Crippen LogP contribution >= 0.6 is 0 Å². The second kappa shape index (κ2) is 8.41. The van der Waals surface area contributed by atoms with Crippen molar-refractivity contribution in [3.05, 3.63) is 59.9 Å². The van der Waals surface area contributed by atoms with Gasteiger partial charge in [0.25, 0.3) is 10.0 Å². The number of carbonyl (C=O) groups excluding carboxylic acids is 2. The number of anilines is 1. The SMILES string of the molecule is C=CCOC(=O)c1ccccc1S(=O)(=O)NC(=O)Nc1nc(C)cc(C)n1. The maximum Gasteiger partial charge on any atom is 0.339 e. The van der Waals surface area contributed by atoms with Crippen LogP contribution in [0.15, 0.2) is 47.9 Å². The lowest BCUT2D eigenvalue weighted by molar-refractivity contribution is 0.0545. The lowest BCUT2D eigenvalue weighted by Gasteiger charge is -2.11. The van der Waals surface area contributed by atoms with Gasteiger partial charge in [-0.1, -0.05) is 24.8 Å². The summed E-state index contributed by atoms with van der Waals surface area (Å²) in [4.78, 5) is 31.7. The second-order valence-corrected chi connectivity index (χ2v) is 7.07. The van der Waals surface area contributed by atoms with E-state index in [0.717, 1.165) is 0 Å². The van der Waals surface area contributed by atoms with Crippen molar-refractivity contribution in [2.45, 2.75) is 18.7 Å². The number of nitrogens with zero attached hydrogens (tertiary/aromatic N) is 2. The third-order valence-corrected chi connectivity index (χ3v) is 4.55. The number of rotatable bonds is 6. The van der Waals surface area contributed by atoms with E-state index >= 15 is 0 Å². The number of hydrogen-bond donors (Lipinski definition) is 2. The Balaban J connectivity index is 2.22. The summed E-state index contributed by atoms with van der Waals surface area (Å²) < 4.78 is 31.7. The summed E-state index contributed by atoms with van der Waals surface area (Å²) >= 11 is 0. The molecule has 0 spiro atoms. The summed E-state index contributed by atoms with van der Waals surface area (Å²) in [7, 11) is -4.34. The molecule has 2 rings (SSSR count). The van der Waals surface area contributed by atoms with E-state index in [4.69, 9.17) is 4.74 Å². The number of amides is 2. The van der Waals surface area contributed by atoms with E-state index < -0.39 is 26.9 Å². The molecule has 142 valence electrons. The number of aryl methyl sites for hydroxylation is 2. The Labute approximate surface area is 156 Å². The third-order valence-electron chi connectivity index (χ3n) is 3.16. The molecule has 0 atom stereocenters. The first-order valence-electron chi connectivity index (χ1n) is 7.76. The van der Waals surface area contributed by atoms with E-state index in [2.05, 4.69) is 21.9 Å². The monoisotopic (exact) mass is 390 g/mol. The first-order valence-corrected chi connectivity index (χ1v) is 9.24. The lowest BCUT2D eigenvalue weighted by Crippen LogP contribution is -2.35. The average Bonchev–Trinajstić information content (AvgIpc) is 2.58. The molecule has 0 aliphatic carbocycles. The Hall–Kier alpha value is -3.27. The number of sulfonamides is 1. The zero-order chi connectivity index (χ0) is 20.0. The number of ether oxygens (including phenoxy) is 1. The zero-order valence-electron chi connectivity index (χ0n) is 14.7. The predicted octanol–water partition coefficient (Wildman–Crippen LogP) is 1.95. The van der Waals surface area contributed by atoms with Crippen molar-refractivity contribution < 1.29 is 22.7 Å². The molecule has 1 aromatic carbocycles. The molecule has 10 heteroatoms. The molecule has 0 saturated carbocycles. The molecule has 2 N–H and O–H groups in total. The van der Waals surface area contributed by atoms with Gasteiger partial charge in [-0.2, -0.15) is 0 Å². The smallest absolute Gasteiger partial charge is 0.339 e. The number of esters is 1. The average molecular weight is 390 g/mol. The quantitative estimate of drug-likeness (QED) is 0.570. The van der Waals surface area contributed by atoms with Crippen LogP contribution in [0.2, 0.25) is 0 Å². The van der Waals surface area contributed by atoms with Crippen molar-refractivity contribution in [3.63, 3.8) is 0 Å². The summed E-state index contributed by atoms with van der Waals surface area (Å²) in [6, 6.07) is 6.01. The van der Waals surface area contributed by atoms with Crippen molar-refractivity contribution in [1.29, 1.82) is 0 Å². The number of nitrogens with one attached hydrogen (secondary N) is 2. The zero-order valence-corrected chi connectivity index (χ0v) is 15.5. The molecule has 0 aliphatic rings. The van der Waals surface area contributed by atoms with Gasteiger partial charge in [-0.25, -0.2) is 32.7 Å². The van der Waals surface area contributed by atoms with Gasteiger partial charge in [0, 0.05) is 11.4 Å². The Morgan fingerprint density at radius 1 is 1.19 bits per heavy atom. The van der Waals surface area contributed by atoms with Crippen LogP contribution in [0.3, 0.4) is 0 Å². The number of hydrogen-bond acceptors (Lipinski definition) is 7. The Morgan fingerprint density at radius 2 is 1.81 bits per heavy atom. The second-order valence-electron chi connectivity index (χ2n) is 5.42. The molecule has 0 saturated heterocycles. The number of carbonyl (C=O) groups is 2. The van der Waals surface area contributed by atoms with Crippen LogP contribution < -0.4 is 10.0 Å². The number of urea groups is 1. The Bertz CT molecular complexity index is 968. The van der Waals surface area contributed by atoms with Gasteiger partial charge in [0.15, 0.2) is 0 Å². The summed E-state index contributed by atoms with van der Waals surface area (Å²) in [6.07, 6.45) is 1.35. The molecule has 2 aromatic rings. The summed E-state index contributed by atoms with van der Waals surface area (Å²) in [5.74, 6) is -0.896. The molecule has 0 fully saturated rings. The molecule has 9 nitrogen and oxygen atoms in total. The highest BCUT2D eigenvalue weighted by Gasteiger charge is 2.25. The minimum atomic E-state index is -4.34. The van der Waals surface area contributed by atoms with Gasteiger partial charge in [-0.05, 0) is 32.0 Å². The number of benzene rings is 1. The topological polar surface area (TPSA) is 127 Å². The maximum absolute atomic E-state index is 12.5. The van der Waals surface area contributed by atoms with Crippen molar-refractivity contribution in [3.8, 4) is 0 Å². The van der Waals surface area contributed by atoms with E-state index in [1.807, 2.05) is 4.72 Å². The first-order chi connectivity index (χ1) is 12.7. The van der Waals surface area contributed by atoms with Gasteiger partial charge < -0.3 is 4.74 Å². The van der Waals surface area contributed by atoms with E-state index in [1.54, 1.807) is 19.9 Å². The largest absolute Gasteiger partial charge is 0.458 e. The maximum atomic E-state index is 12.5. The van der Waals surface area contributed by atoms with Crippen LogP contribution in [0.25, 0.3) is 0 Å². The van der Waals surface area contributed by atoms with E-state index in [9.17, 15) is 18.0 Å². The predicted molar refractivity (Wildman–Crippen MR) is 97.8 cm³/mol. The molecular formula is C17H18N4O5S. The van der Waals surface area contributed by atoms with Gasteiger partial charge in [-0.3, -0.25) is 5.32 Å². The van der Waals surface area contributed by atoms with Crippen LogP contribution in [0.5, 0.6) is 0 Å². The van der Waals surface area contributed by atoms with Crippen molar-refractivity contribution in [2.24, 2.45) is 0 Å². The van der Waals surface area contributed by atoms with Gasteiger partial charge >= 0.3 is 12.0 Å². The molecule has 0 radical (unpaired) electrons. The van der Waals surface area contributed by atoms with Gasteiger partial charge in [0.05, 0.1) is 5.56 Å². The van der Waals surface area contributed by atoms with Crippen molar-refractivity contribution in [2.75, 3.05) is 11.9 Å². The van der Waals surface area contributed by atoms with Crippen molar-refractivity contribution >= 4 is 28.0 Å². The molecule has 0 bridgehead atoms. The van der Waals surface area contributed by atoms with Crippen LogP contribution in [-0.4, -0.2) is 37.0 Å². The first kappa shape index (κ1) is 20.0. The van der Waals surface area contributed by atoms with Gasteiger partial charge in [0.1, 0.15) is 11.5 Å². The van der Waals surface area contributed by atoms with Crippen LogP contribution in [-0.2, 0) is 14.8 Å². The molecule has 1 aromatic heterocycles. The fourth-order valence-corrected chi connectivity index (χ4v) is 3.27. The fourth-order valence-electron chi connectivity index (χ4n) is 2.17. The Morgan fingerprint density at radius 3 is 2.44 bits per heavy atom. The summed E-state index contributed by atoms with van der Waals surface area (Å²) in [5.41, 5.74) is 1.01. The molecule has 0 unspecified atom stereocenters.